The Morgan fingerprint density at radius 1 is 1.07 bits per heavy atom. The predicted octanol–water partition coefficient (Wildman–Crippen LogP) is 4.50. The van der Waals surface area contributed by atoms with E-state index in [0.29, 0.717) is 44.0 Å². The monoisotopic (exact) mass is 385 g/mol. The third-order valence-corrected chi connectivity index (χ3v) is 5.96. The SMILES string of the molecule is O=C(NCC1CC1)C1(Cc2ccccc2-c2ccc(F)c(F)c2)CCOCC1. The normalized spacial score (nSPS) is 18.6. The van der Waals surface area contributed by atoms with Crippen LogP contribution in [-0.2, 0) is 16.0 Å². The first-order valence-electron chi connectivity index (χ1n) is 9.97. The lowest BCUT2D eigenvalue weighted by molar-refractivity contribution is -0.136. The predicted molar refractivity (Wildman–Crippen MR) is 104 cm³/mol. The maximum atomic E-state index is 13.8. The summed E-state index contributed by atoms with van der Waals surface area (Å²) in [5.74, 6) is -1.02. The van der Waals surface area contributed by atoms with Gasteiger partial charge in [-0.15, -0.1) is 0 Å². The fraction of sp³-hybridized carbons (Fsp3) is 0.435. The molecule has 4 rings (SSSR count). The number of ether oxygens (including phenoxy) is 1. The van der Waals surface area contributed by atoms with Crippen molar-refractivity contribution in [2.24, 2.45) is 11.3 Å². The number of benzene rings is 2. The summed E-state index contributed by atoms with van der Waals surface area (Å²) in [6.45, 7) is 1.86. The van der Waals surface area contributed by atoms with Crippen LogP contribution in [0, 0.1) is 23.0 Å². The Hall–Kier alpha value is -2.27. The molecule has 1 N–H and O–H groups in total. The molecule has 1 amide bonds. The van der Waals surface area contributed by atoms with E-state index in [1.807, 2.05) is 24.3 Å². The third kappa shape index (κ3) is 4.09. The Kier molecular flexibility index (Phi) is 5.44. The molecule has 3 nitrogen and oxygen atoms in total. The summed E-state index contributed by atoms with van der Waals surface area (Å²) in [7, 11) is 0. The van der Waals surface area contributed by atoms with Crippen molar-refractivity contribution in [1.29, 1.82) is 0 Å². The number of rotatable bonds is 6. The van der Waals surface area contributed by atoms with Crippen molar-refractivity contribution in [3.05, 3.63) is 59.7 Å². The van der Waals surface area contributed by atoms with E-state index in [1.165, 1.54) is 18.9 Å². The standard InChI is InChI=1S/C23H25F2NO2/c24-20-8-7-17(13-21(20)25)19-4-2-1-3-18(19)14-23(9-11-28-12-10-23)22(27)26-15-16-5-6-16/h1-4,7-8,13,16H,5-6,9-12,14-15H2,(H,26,27). The molecule has 148 valence electrons. The Morgan fingerprint density at radius 2 is 1.82 bits per heavy atom. The molecule has 1 aliphatic carbocycles. The molecule has 2 aliphatic rings. The van der Waals surface area contributed by atoms with Gasteiger partial charge in [0.25, 0.3) is 0 Å². The van der Waals surface area contributed by atoms with Gasteiger partial charge < -0.3 is 10.1 Å². The average Bonchev–Trinajstić information content (AvgIpc) is 3.54. The zero-order chi connectivity index (χ0) is 19.6. The molecule has 28 heavy (non-hydrogen) atoms. The van der Waals surface area contributed by atoms with Crippen LogP contribution in [0.4, 0.5) is 8.78 Å². The van der Waals surface area contributed by atoms with E-state index in [-0.39, 0.29) is 5.91 Å². The van der Waals surface area contributed by atoms with Crippen molar-refractivity contribution >= 4 is 5.91 Å². The molecule has 2 fully saturated rings. The zero-order valence-electron chi connectivity index (χ0n) is 15.8. The van der Waals surface area contributed by atoms with E-state index in [4.69, 9.17) is 4.74 Å². The van der Waals surface area contributed by atoms with Crippen LogP contribution in [0.15, 0.2) is 42.5 Å². The molecule has 5 heteroatoms. The van der Waals surface area contributed by atoms with Gasteiger partial charge in [0.05, 0.1) is 5.41 Å². The van der Waals surface area contributed by atoms with Crippen LogP contribution in [0.25, 0.3) is 11.1 Å². The number of hydrogen-bond acceptors (Lipinski definition) is 2. The quantitative estimate of drug-likeness (QED) is 0.795. The number of amides is 1. The summed E-state index contributed by atoms with van der Waals surface area (Å²) in [6, 6.07) is 11.6. The van der Waals surface area contributed by atoms with Crippen molar-refractivity contribution in [2.75, 3.05) is 19.8 Å². The van der Waals surface area contributed by atoms with Gasteiger partial charge in [-0.1, -0.05) is 30.3 Å². The highest BCUT2D eigenvalue weighted by molar-refractivity contribution is 5.83. The van der Waals surface area contributed by atoms with E-state index >= 15 is 0 Å². The van der Waals surface area contributed by atoms with Gasteiger partial charge in [-0.05, 0) is 66.8 Å². The highest BCUT2D eigenvalue weighted by Crippen LogP contribution is 2.38. The van der Waals surface area contributed by atoms with Gasteiger partial charge in [-0.3, -0.25) is 4.79 Å². The minimum atomic E-state index is -0.866. The minimum Gasteiger partial charge on any atom is -0.381 e. The maximum Gasteiger partial charge on any atom is 0.226 e. The lowest BCUT2D eigenvalue weighted by Crippen LogP contribution is -2.46. The molecule has 2 aromatic rings. The van der Waals surface area contributed by atoms with Crippen LogP contribution in [0.1, 0.15) is 31.2 Å². The molecule has 0 unspecified atom stereocenters. The Balaban J connectivity index is 1.63. The molecule has 2 aromatic carbocycles. The number of nitrogens with one attached hydrogen (secondary N) is 1. The summed E-state index contributed by atoms with van der Waals surface area (Å²) in [6.07, 6.45) is 4.26. The summed E-state index contributed by atoms with van der Waals surface area (Å²) in [5, 5.41) is 3.15. The second-order valence-corrected chi connectivity index (χ2v) is 8.01. The van der Waals surface area contributed by atoms with E-state index in [9.17, 15) is 13.6 Å². The highest BCUT2D eigenvalue weighted by atomic mass is 19.2. The molecule has 1 saturated heterocycles. The third-order valence-electron chi connectivity index (χ3n) is 5.96. The molecule has 1 saturated carbocycles. The van der Waals surface area contributed by atoms with Crippen molar-refractivity contribution in [1.82, 2.24) is 5.32 Å². The van der Waals surface area contributed by atoms with Gasteiger partial charge in [-0.25, -0.2) is 8.78 Å². The summed E-state index contributed by atoms with van der Waals surface area (Å²) in [4.78, 5) is 13.1. The first kappa shape index (κ1) is 19.1. The van der Waals surface area contributed by atoms with Crippen molar-refractivity contribution in [2.45, 2.75) is 32.1 Å². The first-order chi connectivity index (χ1) is 13.6. The summed E-state index contributed by atoms with van der Waals surface area (Å²) >= 11 is 0. The molecule has 0 aromatic heterocycles. The number of hydrogen-bond donors (Lipinski definition) is 1. The molecule has 0 spiro atoms. The molecular formula is C23H25F2NO2. The smallest absolute Gasteiger partial charge is 0.226 e. The van der Waals surface area contributed by atoms with Crippen LogP contribution >= 0.6 is 0 Å². The topological polar surface area (TPSA) is 38.3 Å². The van der Waals surface area contributed by atoms with Crippen LogP contribution in [-0.4, -0.2) is 25.7 Å². The molecular weight excluding hydrogens is 360 g/mol. The van der Waals surface area contributed by atoms with Crippen LogP contribution < -0.4 is 5.32 Å². The van der Waals surface area contributed by atoms with E-state index < -0.39 is 17.0 Å². The fourth-order valence-corrected chi connectivity index (χ4v) is 3.98. The Morgan fingerprint density at radius 3 is 2.54 bits per heavy atom. The average molecular weight is 385 g/mol. The van der Waals surface area contributed by atoms with Crippen LogP contribution in [0.3, 0.4) is 0 Å². The van der Waals surface area contributed by atoms with Crippen molar-refractivity contribution in [3.8, 4) is 11.1 Å². The Bertz CT molecular complexity index is 857. The molecule has 1 aliphatic heterocycles. The second kappa shape index (κ2) is 8.00. The molecule has 0 radical (unpaired) electrons. The largest absolute Gasteiger partial charge is 0.381 e. The van der Waals surface area contributed by atoms with Gasteiger partial charge in [-0.2, -0.15) is 0 Å². The number of carbonyl (C=O) groups excluding carboxylic acids is 1. The van der Waals surface area contributed by atoms with Crippen molar-refractivity contribution < 1.29 is 18.3 Å². The van der Waals surface area contributed by atoms with Crippen molar-refractivity contribution in [3.63, 3.8) is 0 Å². The van der Waals surface area contributed by atoms with Crippen LogP contribution in [0.2, 0.25) is 0 Å². The molecule has 1 heterocycles. The lowest BCUT2D eigenvalue weighted by Gasteiger charge is -2.36. The van der Waals surface area contributed by atoms with E-state index in [0.717, 1.165) is 23.7 Å². The molecule has 0 bridgehead atoms. The maximum absolute atomic E-state index is 13.8. The second-order valence-electron chi connectivity index (χ2n) is 8.01. The Labute approximate surface area is 164 Å². The fourth-order valence-electron chi connectivity index (χ4n) is 3.98. The first-order valence-corrected chi connectivity index (χ1v) is 9.97. The van der Waals surface area contributed by atoms with Gasteiger partial charge >= 0.3 is 0 Å². The van der Waals surface area contributed by atoms with Gasteiger partial charge in [0.2, 0.25) is 5.91 Å². The zero-order valence-corrected chi connectivity index (χ0v) is 15.8. The van der Waals surface area contributed by atoms with Gasteiger partial charge in [0, 0.05) is 19.8 Å². The lowest BCUT2D eigenvalue weighted by atomic mass is 9.73. The van der Waals surface area contributed by atoms with E-state index in [1.54, 1.807) is 6.07 Å². The molecule has 0 atom stereocenters. The van der Waals surface area contributed by atoms with Gasteiger partial charge in [0.15, 0.2) is 11.6 Å². The number of halogens is 2. The number of carbonyl (C=O) groups is 1. The van der Waals surface area contributed by atoms with E-state index in [2.05, 4.69) is 5.32 Å². The van der Waals surface area contributed by atoms with Gasteiger partial charge in [0.1, 0.15) is 0 Å². The minimum absolute atomic E-state index is 0.0859. The summed E-state index contributed by atoms with van der Waals surface area (Å²) < 4.78 is 32.7. The highest BCUT2D eigenvalue weighted by Gasteiger charge is 2.41. The van der Waals surface area contributed by atoms with Crippen LogP contribution in [0.5, 0.6) is 0 Å². The summed E-state index contributed by atoms with van der Waals surface area (Å²) in [5.41, 5.74) is 1.90.